The van der Waals surface area contributed by atoms with E-state index in [0.717, 1.165) is 4.70 Å². The second-order valence-corrected chi connectivity index (χ2v) is 7.41. The number of hydrogen-bond donors (Lipinski definition) is 1. The average molecular weight is 285 g/mol. The minimum Gasteiger partial charge on any atom is -0.481 e. The molecule has 0 amide bonds. The van der Waals surface area contributed by atoms with Gasteiger partial charge in [-0.2, -0.15) is 0 Å². The van der Waals surface area contributed by atoms with E-state index < -0.39 is 16.0 Å². The maximum atomic E-state index is 12.2. The Kier molecular flexibility index (Phi) is 2.49. The van der Waals surface area contributed by atoms with Crippen molar-refractivity contribution < 1.29 is 18.3 Å². The first-order valence-corrected chi connectivity index (χ1v) is 7.92. The quantitative estimate of drug-likeness (QED) is 0.927. The Morgan fingerprint density at radius 3 is 2.83 bits per heavy atom. The smallest absolute Gasteiger partial charge is 0.307 e. The van der Waals surface area contributed by atoms with Gasteiger partial charge in [0.15, 0.2) is 0 Å². The van der Waals surface area contributed by atoms with Gasteiger partial charge in [0.1, 0.15) is 0 Å². The molecule has 3 rings (SSSR count). The van der Waals surface area contributed by atoms with Crippen LogP contribution in [0.3, 0.4) is 0 Å². The van der Waals surface area contributed by atoms with E-state index in [1.54, 1.807) is 11.4 Å². The largest absolute Gasteiger partial charge is 0.481 e. The number of thiophene rings is 1. The van der Waals surface area contributed by atoms with E-state index in [9.17, 15) is 13.2 Å². The summed E-state index contributed by atoms with van der Waals surface area (Å²) in [6, 6.07) is 1.73. The molecule has 0 unspecified atom stereocenters. The van der Waals surface area contributed by atoms with Gasteiger partial charge in [0, 0.05) is 6.20 Å². The predicted molar refractivity (Wildman–Crippen MR) is 68.5 cm³/mol. The highest BCUT2D eigenvalue weighted by molar-refractivity contribution is 7.91. The molecule has 0 saturated heterocycles. The molecule has 2 aromatic heterocycles. The van der Waals surface area contributed by atoms with Crippen molar-refractivity contribution >= 4 is 37.5 Å². The van der Waals surface area contributed by atoms with E-state index in [1.165, 1.54) is 21.5 Å². The number of hydrogen-bond acceptors (Lipinski definition) is 4. The molecular formula is C11H11NO4S2. The topological polar surface area (TPSA) is 76.4 Å². The Bertz CT molecular complexity index is 721. The molecule has 0 aliphatic heterocycles. The van der Waals surface area contributed by atoms with E-state index in [-0.39, 0.29) is 11.7 Å². The van der Waals surface area contributed by atoms with Gasteiger partial charge in [0.2, 0.25) is 10.0 Å². The molecule has 5 nitrogen and oxygen atoms in total. The monoisotopic (exact) mass is 285 g/mol. The Morgan fingerprint density at radius 1 is 1.50 bits per heavy atom. The van der Waals surface area contributed by atoms with Crippen molar-refractivity contribution in [3.05, 3.63) is 23.2 Å². The standard InChI is InChI=1S/C11H11NO4S2/c13-10(14)5-7-6-12(9-3-4-17-11(7)9)18(15,16)8-1-2-8/h3-4,6,8H,1-2,5H2,(H,13,14). The Labute approximate surface area is 108 Å². The third-order valence-corrected chi connectivity index (χ3v) is 6.15. The Hall–Kier alpha value is -1.34. The van der Waals surface area contributed by atoms with Crippen LogP contribution in [0.1, 0.15) is 18.4 Å². The lowest BCUT2D eigenvalue weighted by Gasteiger charge is -2.03. The normalized spacial score (nSPS) is 16.2. The number of carbonyl (C=O) groups is 1. The first-order chi connectivity index (χ1) is 8.50. The van der Waals surface area contributed by atoms with Crippen molar-refractivity contribution in [3.63, 3.8) is 0 Å². The van der Waals surface area contributed by atoms with Crippen molar-refractivity contribution in [3.8, 4) is 0 Å². The fourth-order valence-electron chi connectivity index (χ4n) is 2.01. The van der Waals surface area contributed by atoms with Gasteiger partial charge in [-0.1, -0.05) is 0 Å². The molecule has 7 heteroatoms. The van der Waals surface area contributed by atoms with Crippen molar-refractivity contribution in [2.24, 2.45) is 0 Å². The number of rotatable bonds is 4. The highest BCUT2D eigenvalue weighted by Gasteiger charge is 2.38. The van der Waals surface area contributed by atoms with Gasteiger partial charge in [0.05, 0.1) is 21.9 Å². The van der Waals surface area contributed by atoms with Crippen molar-refractivity contribution in [2.45, 2.75) is 24.5 Å². The van der Waals surface area contributed by atoms with Crippen LogP contribution in [0.2, 0.25) is 0 Å². The summed E-state index contributed by atoms with van der Waals surface area (Å²) >= 11 is 1.38. The van der Waals surface area contributed by atoms with Crippen molar-refractivity contribution in [2.75, 3.05) is 0 Å². The molecule has 18 heavy (non-hydrogen) atoms. The summed E-state index contributed by atoms with van der Waals surface area (Å²) in [6.07, 6.45) is 2.70. The third kappa shape index (κ3) is 1.74. The van der Waals surface area contributed by atoms with Gasteiger partial charge in [-0.25, -0.2) is 12.4 Å². The van der Waals surface area contributed by atoms with E-state index in [1.807, 2.05) is 0 Å². The fourth-order valence-corrected chi connectivity index (χ4v) is 4.72. The minimum atomic E-state index is -3.35. The summed E-state index contributed by atoms with van der Waals surface area (Å²) in [5.41, 5.74) is 1.17. The summed E-state index contributed by atoms with van der Waals surface area (Å²) in [4.78, 5) is 10.8. The van der Waals surface area contributed by atoms with Gasteiger partial charge < -0.3 is 5.11 Å². The van der Waals surface area contributed by atoms with Crippen LogP contribution in [0, 0.1) is 0 Å². The molecule has 0 bridgehead atoms. The summed E-state index contributed by atoms with van der Waals surface area (Å²) < 4.78 is 26.5. The molecule has 0 radical (unpaired) electrons. The van der Waals surface area contributed by atoms with Crippen LogP contribution in [0.5, 0.6) is 0 Å². The molecule has 1 aliphatic carbocycles. The predicted octanol–water partition coefficient (Wildman–Crippen LogP) is 1.67. The molecule has 1 fully saturated rings. The molecule has 0 aromatic carbocycles. The molecule has 1 N–H and O–H groups in total. The van der Waals surface area contributed by atoms with Gasteiger partial charge >= 0.3 is 5.97 Å². The molecule has 96 valence electrons. The van der Waals surface area contributed by atoms with Crippen LogP contribution >= 0.6 is 11.3 Å². The summed E-state index contributed by atoms with van der Waals surface area (Å²) in [6.45, 7) is 0. The summed E-state index contributed by atoms with van der Waals surface area (Å²) in [5, 5.41) is 10.3. The molecule has 2 aromatic rings. The lowest BCUT2D eigenvalue weighted by molar-refractivity contribution is -0.136. The zero-order valence-corrected chi connectivity index (χ0v) is 11.0. The number of carboxylic acids is 1. The summed E-state index contributed by atoms with van der Waals surface area (Å²) in [5.74, 6) is -0.953. The molecule has 2 heterocycles. The van der Waals surface area contributed by atoms with Gasteiger partial charge in [-0.05, 0) is 29.9 Å². The molecular weight excluding hydrogens is 274 g/mol. The van der Waals surface area contributed by atoms with E-state index >= 15 is 0 Å². The zero-order chi connectivity index (χ0) is 12.9. The fraction of sp³-hybridized carbons (Fsp3) is 0.364. The van der Waals surface area contributed by atoms with Crippen molar-refractivity contribution in [1.82, 2.24) is 3.97 Å². The first kappa shape index (κ1) is 11.7. The first-order valence-electron chi connectivity index (χ1n) is 5.54. The molecule has 1 saturated carbocycles. The van der Waals surface area contributed by atoms with Crippen LogP contribution in [-0.4, -0.2) is 28.7 Å². The maximum absolute atomic E-state index is 12.2. The number of fused-ring (bicyclic) bond motifs is 1. The lowest BCUT2D eigenvalue weighted by atomic mass is 10.2. The van der Waals surface area contributed by atoms with Crippen LogP contribution in [0.25, 0.3) is 10.2 Å². The maximum Gasteiger partial charge on any atom is 0.307 e. The van der Waals surface area contributed by atoms with Crippen molar-refractivity contribution in [1.29, 1.82) is 0 Å². The van der Waals surface area contributed by atoms with Crippen LogP contribution in [0.15, 0.2) is 17.6 Å². The highest BCUT2D eigenvalue weighted by atomic mass is 32.2. The number of aromatic nitrogens is 1. The number of carboxylic acid groups (broad SMARTS) is 1. The van der Waals surface area contributed by atoms with E-state index in [4.69, 9.17) is 5.11 Å². The Balaban J connectivity index is 2.18. The van der Waals surface area contributed by atoms with Gasteiger partial charge in [-0.15, -0.1) is 11.3 Å². The Morgan fingerprint density at radius 2 is 2.22 bits per heavy atom. The summed E-state index contributed by atoms with van der Waals surface area (Å²) in [7, 11) is -3.35. The lowest BCUT2D eigenvalue weighted by Crippen LogP contribution is -2.16. The van der Waals surface area contributed by atoms with Gasteiger partial charge in [-0.3, -0.25) is 4.79 Å². The van der Waals surface area contributed by atoms with Crippen LogP contribution < -0.4 is 0 Å². The number of aliphatic carboxylic acids is 1. The molecule has 0 spiro atoms. The highest BCUT2D eigenvalue weighted by Crippen LogP contribution is 2.35. The second-order valence-electron chi connectivity index (χ2n) is 4.40. The van der Waals surface area contributed by atoms with E-state index in [0.29, 0.717) is 23.9 Å². The van der Waals surface area contributed by atoms with Gasteiger partial charge in [0.25, 0.3) is 0 Å². The molecule has 1 aliphatic rings. The third-order valence-electron chi connectivity index (χ3n) is 3.01. The minimum absolute atomic E-state index is 0.149. The average Bonchev–Trinajstić information content (AvgIpc) is 2.94. The van der Waals surface area contributed by atoms with E-state index in [2.05, 4.69) is 0 Å². The van der Waals surface area contributed by atoms with Crippen LogP contribution in [0.4, 0.5) is 0 Å². The van der Waals surface area contributed by atoms with Crippen LogP contribution in [-0.2, 0) is 21.2 Å². The second kappa shape index (κ2) is 3.83. The number of nitrogens with zero attached hydrogens (tertiary/aromatic N) is 1. The SMILES string of the molecule is O=C(O)Cc1cn(S(=O)(=O)C2CC2)c2ccsc12. The zero-order valence-electron chi connectivity index (χ0n) is 9.37. The molecule has 0 atom stereocenters.